The number of nitrogens with zero attached hydrogens (tertiary/aromatic N) is 1. The zero-order chi connectivity index (χ0) is 28.3. The van der Waals surface area contributed by atoms with Crippen molar-refractivity contribution in [2.45, 2.75) is 95.5 Å². The van der Waals surface area contributed by atoms with Crippen molar-refractivity contribution in [3.05, 3.63) is 40.4 Å². The van der Waals surface area contributed by atoms with Gasteiger partial charge in [0.05, 0.1) is 17.9 Å². The number of ether oxygens (including phenoxy) is 1. The van der Waals surface area contributed by atoms with E-state index in [0.29, 0.717) is 33.5 Å². The summed E-state index contributed by atoms with van der Waals surface area (Å²) in [4.78, 5) is 44.1. The molecule has 2 bridgehead atoms. The van der Waals surface area contributed by atoms with Gasteiger partial charge in [0, 0.05) is 27.8 Å². The highest BCUT2D eigenvalue weighted by Crippen LogP contribution is 2.56. The van der Waals surface area contributed by atoms with Gasteiger partial charge in [0.25, 0.3) is 0 Å². The van der Waals surface area contributed by atoms with Crippen molar-refractivity contribution in [1.29, 1.82) is 0 Å². The van der Waals surface area contributed by atoms with Crippen LogP contribution in [0.5, 0.6) is 0 Å². The lowest BCUT2D eigenvalue weighted by atomic mass is 9.73. The Balaban J connectivity index is 1.32. The van der Waals surface area contributed by atoms with Gasteiger partial charge in [-0.2, -0.15) is 0 Å². The Morgan fingerprint density at radius 3 is 2.38 bits per heavy atom. The molecule has 1 aromatic rings. The average molecular weight is 589 g/mol. The Hall–Kier alpha value is -2.09. The van der Waals surface area contributed by atoms with Gasteiger partial charge in [-0.15, -0.1) is 0 Å². The Bertz CT molecular complexity index is 1210. The highest BCUT2D eigenvalue weighted by Gasteiger charge is 2.73. The van der Waals surface area contributed by atoms with Gasteiger partial charge in [-0.25, -0.2) is 0 Å². The molecule has 0 aromatic heterocycles. The molecule has 0 unspecified atom stereocenters. The zero-order valence-corrected chi connectivity index (χ0v) is 24.9. The van der Waals surface area contributed by atoms with Crippen LogP contribution in [0.4, 0.5) is 5.69 Å². The molecule has 1 spiro atoms. The Labute approximate surface area is 246 Å². The van der Waals surface area contributed by atoms with E-state index >= 15 is 0 Å². The van der Waals surface area contributed by atoms with Gasteiger partial charge in [0.15, 0.2) is 0 Å². The lowest BCUT2D eigenvalue weighted by Gasteiger charge is -2.41. The van der Waals surface area contributed by atoms with E-state index in [1.54, 1.807) is 18.2 Å². The number of carbonyl (C=O) groups is 3. The number of fused-ring (bicyclic) bond motifs is 1. The van der Waals surface area contributed by atoms with Crippen LogP contribution in [-0.4, -0.2) is 52.5 Å². The fraction of sp³-hybridized carbons (Fsp3) is 0.645. The molecular weight excluding hydrogens is 549 g/mol. The molecule has 7 nitrogen and oxygen atoms in total. The van der Waals surface area contributed by atoms with Gasteiger partial charge in [-0.3, -0.25) is 14.4 Å². The number of hydrogen-bond acceptors (Lipinski definition) is 4. The summed E-state index contributed by atoms with van der Waals surface area (Å²) in [6.45, 7) is 6.68. The first-order valence-corrected chi connectivity index (χ1v) is 15.6. The van der Waals surface area contributed by atoms with Gasteiger partial charge >= 0.3 is 0 Å². The maximum absolute atomic E-state index is 14.4. The number of nitrogens with one attached hydrogen (secondary N) is 2. The van der Waals surface area contributed by atoms with Gasteiger partial charge in [0.2, 0.25) is 17.7 Å². The SMILES string of the molecule is CC1CCC(N2C(=O)[C@@H]3[C@H](C(=O)Nc4cc(Cl)cc(Cl)c4)[C@@H]4C=C[C@@]3(O4)[C@@H]2C(=O)N[C@@H]2CCC[C@@H](C)[C@H]2C)CC1. The first-order chi connectivity index (χ1) is 19.1. The van der Waals surface area contributed by atoms with Crippen LogP contribution in [0.3, 0.4) is 0 Å². The number of likely N-dealkylation sites (tertiary alicyclic amines) is 1. The lowest BCUT2D eigenvalue weighted by molar-refractivity contribution is -0.145. The molecule has 9 heteroatoms. The zero-order valence-electron chi connectivity index (χ0n) is 23.4. The van der Waals surface area contributed by atoms with Gasteiger partial charge in [-0.05, 0) is 68.1 Å². The van der Waals surface area contributed by atoms with Crippen LogP contribution in [-0.2, 0) is 19.1 Å². The first-order valence-electron chi connectivity index (χ1n) is 14.9. The van der Waals surface area contributed by atoms with Crippen LogP contribution >= 0.6 is 23.2 Å². The van der Waals surface area contributed by atoms with E-state index in [1.807, 2.05) is 17.1 Å². The molecule has 2 saturated carbocycles. The molecule has 2 N–H and O–H groups in total. The van der Waals surface area contributed by atoms with Crippen molar-refractivity contribution in [3.63, 3.8) is 0 Å². The number of amides is 3. The minimum Gasteiger partial charge on any atom is -0.359 e. The first kappa shape index (κ1) is 28.0. The average Bonchev–Trinajstić information content (AvgIpc) is 3.54. The van der Waals surface area contributed by atoms with Crippen molar-refractivity contribution >= 4 is 46.6 Å². The summed E-state index contributed by atoms with van der Waals surface area (Å²) < 4.78 is 6.54. The molecule has 40 heavy (non-hydrogen) atoms. The van der Waals surface area contributed by atoms with E-state index < -0.39 is 29.6 Å². The number of rotatable bonds is 5. The highest BCUT2D eigenvalue weighted by atomic mass is 35.5. The van der Waals surface area contributed by atoms with E-state index in [1.165, 1.54) is 0 Å². The summed E-state index contributed by atoms with van der Waals surface area (Å²) in [7, 11) is 0. The molecule has 3 amide bonds. The summed E-state index contributed by atoms with van der Waals surface area (Å²) in [5.41, 5.74) is -0.701. The molecule has 5 aliphatic rings. The van der Waals surface area contributed by atoms with E-state index in [9.17, 15) is 14.4 Å². The monoisotopic (exact) mass is 587 g/mol. The van der Waals surface area contributed by atoms with Crippen molar-refractivity contribution in [2.75, 3.05) is 5.32 Å². The third-order valence-corrected chi connectivity index (χ3v) is 10.8. The minimum atomic E-state index is -1.16. The van der Waals surface area contributed by atoms with Crippen LogP contribution in [0.15, 0.2) is 30.4 Å². The molecule has 6 rings (SSSR count). The van der Waals surface area contributed by atoms with Crippen molar-refractivity contribution in [3.8, 4) is 0 Å². The van der Waals surface area contributed by atoms with E-state index in [2.05, 4.69) is 31.4 Å². The number of halogens is 2. The topological polar surface area (TPSA) is 87.7 Å². The maximum atomic E-state index is 14.4. The molecule has 0 radical (unpaired) electrons. The van der Waals surface area contributed by atoms with Crippen LogP contribution < -0.4 is 10.6 Å². The Kier molecular flexibility index (Phi) is 7.46. The molecule has 3 heterocycles. The van der Waals surface area contributed by atoms with E-state index in [-0.39, 0.29) is 29.8 Å². The highest BCUT2D eigenvalue weighted by molar-refractivity contribution is 6.35. The van der Waals surface area contributed by atoms with Crippen LogP contribution in [0, 0.1) is 29.6 Å². The predicted octanol–water partition coefficient (Wildman–Crippen LogP) is 5.60. The normalized spacial score (nSPS) is 40.3. The van der Waals surface area contributed by atoms with Crippen LogP contribution in [0.2, 0.25) is 10.0 Å². The second-order valence-electron chi connectivity index (χ2n) is 12.9. The van der Waals surface area contributed by atoms with E-state index in [4.69, 9.17) is 27.9 Å². The molecular formula is C31H39Cl2N3O4. The fourth-order valence-corrected chi connectivity index (χ4v) is 8.55. The summed E-state index contributed by atoms with van der Waals surface area (Å²) in [6, 6.07) is 4.06. The standard InChI is InChI=1S/C31H39Cl2N3O4/c1-16-7-9-22(10-8-16)36-27(29(38)35-23-6-4-5-17(2)18(23)3)31-12-11-24(40-31)25(26(31)30(36)39)28(37)34-21-14-19(32)13-20(33)15-21/h11-18,22-27H,4-10H2,1-3H3,(H,34,37)(H,35,38)/t16?,17-,18-,22?,23-,24+,25-,26+,27+,31+/m1/s1. The Morgan fingerprint density at radius 1 is 0.975 bits per heavy atom. The molecule has 4 fully saturated rings. The minimum absolute atomic E-state index is 0.0476. The van der Waals surface area contributed by atoms with Crippen molar-refractivity contribution in [2.24, 2.45) is 29.6 Å². The summed E-state index contributed by atoms with van der Waals surface area (Å²) in [6.07, 6.45) is 10.1. The number of anilines is 1. The van der Waals surface area contributed by atoms with Gasteiger partial charge in [0.1, 0.15) is 11.6 Å². The van der Waals surface area contributed by atoms with Gasteiger partial charge < -0.3 is 20.3 Å². The molecule has 8 atom stereocenters. The lowest BCUT2D eigenvalue weighted by Crippen LogP contribution is -2.59. The largest absolute Gasteiger partial charge is 0.359 e. The molecule has 216 valence electrons. The second-order valence-corrected chi connectivity index (χ2v) is 13.8. The van der Waals surface area contributed by atoms with Crippen molar-refractivity contribution in [1.82, 2.24) is 10.2 Å². The number of benzene rings is 1. The summed E-state index contributed by atoms with van der Waals surface area (Å²) >= 11 is 12.3. The molecule has 2 saturated heterocycles. The smallest absolute Gasteiger partial charge is 0.246 e. The third kappa shape index (κ3) is 4.66. The van der Waals surface area contributed by atoms with Crippen LogP contribution in [0.1, 0.15) is 65.7 Å². The molecule has 3 aliphatic heterocycles. The maximum Gasteiger partial charge on any atom is 0.246 e. The third-order valence-electron chi connectivity index (χ3n) is 10.4. The quantitative estimate of drug-likeness (QED) is 0.439. The number of carbonyl (C=O) groups excluding carboxylic acids is 3. The summed E-state index contributed by atoms with van der Waals surface area (Å²) in [5.74, 6) is -0.695. The summed E-state index contributed by atoms with van der Waals surface area (Å²) in [5, 5.41) is 7.06. The molecule has 2 aliphatic carbocycles. The van der Waals surface area contributed by atoms with Crippen LogP contribution in [0.25, 0.3) is 0 Å². The fourth-order valence-electron chi connectivity index (χ4n) is 8.02. The second kappa shape index (κ2) is 10.6. The number of hydrogen-bond donors (Lipinski definition) is 2. The van der Waals surface area contributed by atoms with Crippen molar-refractivity contribution < 1.29 is 19.1 Å². The van der Waals surface area contributed by atoms with E-state index in [0.717, 1.165) is 44.9 Å². The predicted molar refractivity (Wildman–Crippen MR) is 155 cm³/mol. The van der Waals surface area contributed by atoms with Gasteiger partial charge in [-0.1, -0.05) is 69.0 Å². The Morgan fingerprint density at radius 2 is 1.68 bits per heavy atom. The molecule has 1 aromatic carbocycles.